The normalized spacial score (nSPS) is 13.1. The molecule has 5 heteroatoms. The monoisotopic (exact) mass is 337 g/mol. The zero-order valence-electron chi connectivity index (χ0n) is 12.9. The Labute approximate surface area is 145 Å². The third-order valence-electron chi connectivity index (χ3n) is 4.35. The number of anilines is 2. The van der Waals surface area contributed by atoms with E-state index >= 15 is 0 Å². The average molecular weight is 338 g/mol. The Morgan fingerprint density at radius 2 is 1.71 bits per heavy atom. The number of nitrogen functional groups attached to an aromatic ring is 1. The molecule has 1 aliphatic rings. The molecule has 2 aromatic carbocycles. The largest absolute Gasteiger partial charge is 0.399 e. The second kappa shape index (κ2) is 5.73. The zero-order valence-corrected chi connectivity index (χ0v) is 13.7. The number of amides is 1. The van der Waals surface area contributed by atoms with Crippen molar-refractivity contribution in [2.24, 2.45) is 0 Å². The lowest BCUT2D eigenvalue weighted by atomic mass is 10.1. The molecule has 1 aliphatic heterocycles. The van der Waals surface area contributed by atoms with Gasteiger partial charge in [0.1, 0.15) is 5.15 Å². The summed E-state index contributed by atoms with van der Waals surface area (Å²) in [5.41, 5.74) is 9.99. The number of fused-ring (bicyclic) bond motifs is 2. The fourth-order valence-electron chi connectivity index (χ4n) is 3.09. The standard InChI is InChI=1S/C19H16ClN3O/c20-18-10-9-16-12-23(19(24)13-5-7-15(21)8-6-13)17-4-2-1-3-14(17)11-22(16)18/h1-10H,11-12,21H2. The number of benzene rings is 2. The van der Waals surface area contributed by atoms with Crippen LogP contribution in [0.4, 0.5) is 11.4 Å². The number of halogens is 1. The molecule has 0 radical (unpaired) electrons. The van der Waals surface area contributed by atoms with E-state index in [4.69, 9.17) is 17.3 Å². The van der Waals surface area contributed by atoms with Crippen molar-refractivity contribution >= 4 is 28.9 Å². The SMILES string of the molecule is Nc1ccc(C(=O)N2Cc3ccc(Cl)n3Cc3ccccc32)cc1. The van der Waals surface area contributed by atoms with E-state index in [0.29, 0.717) is 29.5 Å². The van der Waals surface area contributed by atoms with Crippen LogP contribution in [0.1, 0.15) is 21.6 Å². The zero-order chi connectivity index (χ0) is 16.7. The first-order chi connectivity index (χ1) is 11.6. The van der Waals surface area contributed by atoms with Gasteiger partial charge in [-0.05, 0) is 48.0 Å². The minimum Gasteiger partial charge on any atom is -0.399 e. The van der Waals surface area contributed by atoms with Crippen molar-refractivity contribution in [3.63, 3.8) is 0 Å². The molecule has 2 heterocycles. The van der Waals surface area contributed by atoms with E-state index in [9.17, 15) is 4.79 Å². The summed E-state index contributed by atoms with van der Waals surface area (Å²) < 4.78 is 2.04. The van der Waals surface area contributed by atoms with E-state index in [1.807, 2.05) is 41.0 Å². The topological polar surface area (TPSA) is 51.3 Å². The molecule has 120 valence electrons. The number of carbonyl (C=O) groups is 1. The van der Waals surface area contributed by atoms with Crippen LogP contribution in [-0.2, 0) is 13.1 Å². The van der Waals surface area contributed by atoms with E-state index < -0.39 is 0 Å². The van der Waals surface area contributed by atoms with Crippen molar-refractivity contribution in [2.75, 3.05) is 10.6 Å². The molecule has 0 spiro atoms. The molecule has 4 rings (SSSR count). The van der Waals surface area contributed by atoms with Gasteiger partial charge in [0, 0.05) is 22.6 Å². The Bertz CT molecular complexity index is 915. The minimum atomic E-state index is -0.0479. The lowest BCUT2D eigenvalue weighted by Gasteiger charge is -2.22. The van der Waals surface area contributed by atoms with Gasteiger partial charge in [0.25, 0.3) is 5.91 Å². The van der Waals surface area contributed by atoms with E-state index in [0.717, 1.165) is 16.9 Å². The second-order valence-electron chi connectivity index (χ2n) is 5.88. The highest BCUT2D eigenvalue weighted by molar-refractivity contribution is 6.29. The minimum absolute atomic E-state index is 0.0479. The Kier molecular flexibility index (Phi) is 3.54. The van der Waals surface area contributed by atoms with Crippen molar-refractivity contribution < 1.29 is 4.79 Å². The van der Waals surface area contributed by atoms with Crippen molar-refractivity contribution in [2.45, 2.75) is 13.1 Å². The van der Waals surface area contributed by atoms with Crippen LogP contribution in [0.25, 0.3) is 0 Å². The molecule has 0 saturated heterocycles. The Balaban J connectivity index is 1.81. The van der Waals surface area contributed by atoms with Gasteiger partial charge in [0.2, 0.25) is 0 Å². The molecular weight excluding hydrogens is 322 g/mol. The lowest BCUT2D eigenvalue weighted by Crippen LogP contribution is -2.30. The van der Waals surface area contributed by atoms with Crippen LogP contribution < -0.4 is 10.6 Å². The number of hydrogen-bond acceptors (Lipinski definition) is 2. The summed E-state index contributed by atoms with van der Waals surface area (Å²) >= 11 is 6.30. The van der Waals surface area contributed by atoms with Crippen LogP contribution in [0.15, 0.2) is 60.7 Å². The van der Waals surface area contributed by atoms with Gasteiger partial charge in [-0.25, -0.2) is 0 Å². The van der Waals surface area contributed by atoms with Crippen LogP contribution in [-0.4, -0.2) is 10.5 Å². The summed E-state index contributed by atoms with van der Waals surface area (Å²) in [4.78, 5) is 14.9. The van der Waals surface area contributed by atoms with Crippen molar-refractivity contribution in [3.8, 4) is 0 Å². The number of aromatic nitrogens is 1. The summed E-state index contributed by atoms with van der Waals surface area (Å²) in [5.74, 6) is -0.0479. The van der Waals surface area contributed by atoms with Gasteiger partial charge in [-0.2, -0.15) is 0 Å². The van der Waals surface area contributed by atoms with Gasteiger partial charge < -0.3 is 15.2 Å². The molecule has 1 aromatic heterocycles. The van der Waals surface area contributed by atoms with Crippen LogP contribution in [0.3, 0.4) is 0 Å². The van der Waals surface area contributed by atoms with Crippen LogP contribution in [0, 0.1) is 0 Å². The van der Waals surface area contributed by atoms with E-state index in [2.05, 4.69) is 0 Å². The number of nitrogens with zero attached hydrogens (tertiary/aromatic N) is 2. The maximum Gasteiger partial charge on any atom is 0.258 e. The van der Waals surface area contributed by atoms with E-state index in [1.54, 1.807) is 29.2 Å². The maximum atomic E-state index is 13.1. The van der Waals surface area contributed by atoms with Crippen LogP contribution in [0.5, 0.6) is 0 Å². The summed E-state index contributed by atoms with van der Waals surface area (Å²) in [7, 11) is 0. The molecule has 24 heavy (non-hydrogen) atoms. The molecule has 4 nitrogen and oxygen atoms in total. The number of para-hydroxylation sites is 1. The molecule has 0 bridgehead atoms. The molecule has 0 unspecified atom stereocenters. The maximum absolute atomic E-state index is 13.1. The summed E-state index contributed by atoms with van der Waals surface area (Å²) in [6.07, 6.45) is 0. The van der Waals surface area contributed by atoms with Crippen molar-refractivity contribution in [3.05, 3.63) is 82.6 Å². The molecule has 0 fully saturated rings. The van der Waals surface area contributed by atoms with Crippen LogP contribution >= 0.6 is 11.6 Å². The number of nitrogens with two attached hydrogens (primary N) is 1. The first kappa shape index (κ1) is 14.8. The van der Waals surface area contributed by atoms with Crippen molar-refractivity contribution in [1.82, 2.24) is 4.57 Å². The third-order valence-corrected chi connectivity index (χ3v) is 4.68. The van der Waals surface area contributed by atoms with E-state index in [-0.39, 0.29) is 5.91 Å². The predicted octanol–water partition coefficient (Wildman–Crippen LogP) is 3.93. The van der Waals surface area contributed by atoms with Gasteiger partial charge in [0.05, 0.1) is 13.1 Å². The highest BCUT2D eigenvalue weighted by Gasteiger charge is 2.25. The fraction of sp³-hybridized carbons (Fsp3) is 0.105. The van der Waals surface area contributed by atoms with Gasteiger partial charge in [-0.1, -0.05) is 29.8 Å². The Morgan fingerprint density at radius 3 is 2.50 bits per heavy atom. The quantitative estimate of drug-likeness (QED) is 0.684. The van der Waals surface area contributed by atoms with E-state index in [1.165, 1.54) is 0 Å². The molecular formula is C19H16ClN3O. The van der Waals surface area contributed by atoms with Gasteiger partial charge in [-0.3, -0.25) is 4.79 Å². The second-order valence-corrected chi connectivity index (χ2v) is 6.26. The van der Waals surface area contributed by atoms with Crippen LogP contribution in [0.2, 0.25) is 5.15 Å². The lowest BCUT2D eigenvalue weighted by molar-refractivity contribution is 0.0985. The number of rotatable bonds is 1. The first-order valence-electron chi connectivity index (χ1n) is 7.73. The molecule has 1 amide bonds. The number of hydrogen-bond donors (Lipinski definition) is 1. The van der Waals surface area contributed by atoms with Gasteiger partial charge in [-0.15, -0.1) is 0 Å². The Morgan fingerprint density at radius 1 is 0.958 bits per heavy atom. The summed E-state index contributed by atoms with van der Waals surface area (Å²) in [6, 6.07) is 18.8. The van der Waals surface area contributed by atoms with Gasteiger partial charge >= 0.3 is 0 Å². The smallest absolute Gasteiger partial charge is 0.258 e. The van der Waals surface area contributed by atoms with Gasteiger partial charge in [0.15, 0.2) is 0 Å². The Hall–Kier alpha value is -2.72. The fourth-order valence-corrected chi connectivity index (χ4v) is 3.32. The van der Waals surface area contributed by atoms with Crippen molar-refractivity contribution in [1.29, 1.82) is 0 Å². The number of carbonyl (C=O) groups excluding carboxylic acids is 1. The highest BCUT2D eigenvalue weighted by atomic mass is 35.5. The molecule has 0 aliphatic carbocycles. The highest BCUT2D eigenvalue weighted by Crippen LogP contribution is 2.31. The third kappa shape index (κ3) is 2.45. The molecule has 2 N–H and O–H groups in total. The first-order valence-corrected chi connectivity index (χ1v) is 8.10. The summed E-state index contributed by atoms with van der Waals surface area (Å²) in [6.45, 7) is 1.13. The molecule has 0 saturated carbocycles. The predicted molar refractivity (Wildman–Crippen MR) is 96.4 cm³/mol. The molecule has 0 atom stereocenters. The molecule has 3 aromatic rings. The summed E-state index contributed by atoms with van der Waals surface area (Å²) in [5, 5.41) is 0.682. The average Bonchev–Trinajstić information content (AvgIpc) is 2.85.